The second-order valence-corrected chi connectivity index (χ2v) is 6.60. The highest BCUT2D eigenvalue weighted by molar-refractivity contribution is 6.29. The summed E-state index contributed by atoms with van der Waals surface area (Å²) in [5.41, 5.74) is 2.93. The number of pyridine rings is 1. The van der Waals surface area contributed by atoms with Gasteiger partial charge in [0.25, 0.3) is 0 Å². The lowest BCUT2D eigenvalue weighted by Crippen LogP contribution is -2.27. The van der Waals surface area contributed by atoms with Gasteiger partial charge in [-0.3, -0.25) is 0 Å². The number of benzene rings is 1. The molecule has 138 valence electrons. The maximum absolute atomic E-state index is 6.13. The smallest absolute Gasteiger partial charge is 0.161 e. The summed E-state index contributed by atoms with van der Waals surface area (Å²) in [5, 5.41) is 0.498. The van der Waals surface area contributed by atoms with E-state index < -0.39 is 0 Å². The van der Waals surface area contributed by atoms with E-state index in [2.05, 4.69) is 40.4 Å². The molecular formula is C20H25ClN4O. The minimum Gasteiger partial charge on any atom is -0.497 e. The van der Waals surface area contributed by atoms with Crippen LogP contribution in [0.4, 0.5) is 0 Å². The van der Waals surface area contributed by atoms with Crippen molar-refractivity contribution in [2.24, 2.45) is 0 Å². The molecule has 2 aromatic heterocycles. The molecule has 0 amide bonds. The second-order valence-electron chi connectivity index (χ2n) is 6.21. The summed E-state index contributed by atoms with van der Waals surface area (Å²) in [4.78, 5) is 11.7. The van der Waals surface area contributed by atoms with E-state index in [4.69, 9.17) is 21.3 Å². The van der Waals surface area contributed by atoms with Gasteiger partial charge in [0.15, 0.2) is 5.65 Å². The summed E-state index contributed by atoms with van der Waals surface area (Å²) < 4.78 is 7.44. The van der Waals surface area contributed by atoms with Crippen LogP contribution in [0.2, 0.25) is 5.15 Å². The van der Waals surface area contributed by atoms with Gasteiger partial charge >= 0.3 is 0 Å². The first kappa shape index (κ1) is 18.7. The van der Waals surface area contributed by atoms with Gasteiger partial charge in [0.05, 0.1) is 7.11 Å². The molecule has 5 nitrogen and oxygen atoms in total. The van der Waals surface area contributed by atoms with Gasteiger partial charge in [-0.25, -0.2) is 9.97 Å². The molecule has 0 bridgehead atoms. The van der Waals surface area contributed by atoms with Crippen molar-refractivity contribution >= 4 is 22.8 Å². The van der Waals surface area contributed by atoms with Crippen LogP contribution >= 0.6 is 11.6 Å². The topological polar surface area (TPSA) is 43.2 Å². The Bertz CT molecular complexity index is 856. The molecule has 0 N–H and O–H groups in total. The highest BCUT2D eigenvalue weighted by Gasteiger charge is 2.14. The number of aromatic nitrogens is 3. The number of likely N-dealkylation sites (N-methyl/N-ethyl adjacent to an activating group) is 1. The Morgan fingerprint density at radius 2 is 1.77 bits per heavy atom. The van der Waals surface area contributed by atoms with Gasteiger partial charge in [-0.2, -0.15) is 0 Å². The molecule has 0 fully saturated rings. The number of halogens is 1. The van der Waals surface area contributed by atoms with Crippen molar-refractivity contribution < 1.29 is 4.74 Å². The van der Waals surface area contributed by atoms with Crippen LogP contribution in [0.5, 0.6) is 5.75 Å². The molecule has 0 radical (unpaired) electrons. The summed E-state index contributed by atoms with van der Waals surface area (Å²) in [7, 11) is 1.68. The van der Waals surface area contributed by atoms with Gasteiger partial charge in [-0.1, -0.05) is 37.6 Å². The fraction of sp³-hybridized carbons (Fsp3) is 0.400. The normalized spacial score (nSPS) is 11.4. The van der Waals surface area contributed by atoms with Crippen molar-refractivity contribution in [2.45, 2.75) is 26.8 Å². The maximum Gasteiger partial charge on any atom is 0.161 e. The van der Waals surface area contributed by atoms with E-state index in [1.807, 2.05) is 18.2 Å². The summed E-state index contributed by atoms with van der Waals surface area (Å²) in [5.74, 6) is 1.87. The molecule has 2 heterocycles. The number of methoxy groups -OCH3 is 1. The first-order chi connectivity index (χ1) is 12.6. The Hall–Kier alpha value is -2.11. The van der Waals surface area contributed by atoms with Gasteiger partial charge in [0.2, 0.25) is 0 Å². The highest BCUT2D eigenvalue weighted by Crippen LogP contribution is 2.20. The zero-order valence-electron chi connectivity index (χ0n) is 15.6. The van der Waals surface area contributed by atoms with Crippen molar-refractivity contribution in [1.29, 1.82) is 0 Å². The molecular weight excluding hydrogens is 348 g/mol. The Balaban J connectivity index is 1.92. The molecule has 0 saturated heterocycles. The monoisotopic (exact) mass is 372 g/mol. The molecule has 3 aromatic rings. The van der Waals surface area contributed by atoms with Crippen molar-refractivity contribution in [1.82, 2.24) is 19.4 Å². The largest absolute Gasteiger partial charge is 0.497 e. The Morgan fingerprint density at radius 1 is 1.04 bits per heavy atom. The van der Waals surface area contributed by atoms with Crippen LogP contribution < -0.4 is 4.74 Å². The van der Waals surface area contributed by atoms with Crippen molar-refractivity contribution in [3.8, 4) is 5.75 Å². The van der Waals surface area contributed by atoms with E-state index in [-0.39, 0.29) is 0 Å². The molecule has 0 aliphatic heterocycles. The van der Waals surface area contributed by atoms with Gasteiger partial charge < -0.3 is 14.2 Å². The molecule has 0 aliphatic rings. The standard InChI is InChI=1S/C20H25ClN4O/c1-4-24(5-2)12-13-25-19(14-15-6-8-16(26-3)9-7-15)22-17-10-11-18(21)23-20(17)25/h6-11H,4-5,12-14H2,1-3H3. The molecule has 0 spiro atoms. The van der Waals surface area contributed by atoms with Gasteiger partial charge in [0.1, 0.15) is 22.2 Å². The lowest BCUT2D eigenvalue weighted by atomic mass is 10.1. The van der Waals surface area contributed by atoms with Gasteiger partial charge in [-0.15, -0.1) is 0 Å². The molecule has 0 atom stereocenters. The van der Waals surface area contributed by atoms with Crippen LogP contribution in [0.1, 0.15) is 25.2 Å². The van der Waals surface area contributed by atoms with Crippen LogP contribution in [-0.4, -0.2) is 46.2 Å². The highest BCUT2D eigenvalue weighted by atomic mass is 35.5. The van der Waals surface area contributed by atoms with Gasteiger partial charge in [-0.05, 0) is 42.9 Å². The first-order valence-electron chi connectivity index (χ1n) is 9.01. The summed E-state index contributed by atoms with van der Waals surface area (Å²) in [6, 6.07) is 11.8. The molecule has 1 aromatic carbocycles. The third-order valence-electron chi connectivity index (χ3n) is 4.69. The SMILES string of the molecule is CCN(CC)CCn1c(Cc2ccc(OC)cc2)nc2ccc(Cl)nc21. The number of imidazole rings is 1. The van der Waals surface area contributed by atoms with Crippen LogP contribution in [0.3, 0.4) is 0 Å². The molecule has 0 unspecified atom stereocenters. The van der Waals surface area contributed by atoms with E-state index in [1.165, 1.54) is 5.56 Å². The van der Waals surface area contributed by atoms with E-state index in [9.17, 15) is 0 Å². The number of hydrogen-bond donors (Lipinski definition) is 0. The first-order valence-corrected chi connectivity index (χ1v) is 9.39. The fourth-order valence-electron chi connectivity index (χ4n) is 3.10. The molecule has 26 heavy (non-hydrogen) atoms. The minimum absolute atomic E-state index is 0.498. The second kappa shape index (κ2) is 8.52. The number of ether oxygens (including phenoxy) is 1. The molecule has 3 rings (SSSR count). The quantitative estimate of drug-likeness (QED) is 0.560. The number of rotatable bonds is 8. The fourth-order valence-corrected chi connectivity index (χ4v) is 3.25. The lowest BCUT2D eigenvalue weighted by Gasteiger charge is -2.19. The van der Waals surface area contributed by atoms with Crippen molar-refractivity contribution in [3.05, 3.63) is 52.9 Å². The van der Waals surface area contributed by atoms with Crippen molar-refractivity contribution in [3.63, 3.8) is 0 Å². The van der Waals surface area contributed by atoms with Crippen LogP contribution in [-0.2, 0) is 13.0 Å². The number of nitrogens with zero attached hydrogens (tertiary/aromatic N) is 4. The summed E-state index contributed by atoms with van der Waals surface area (Å²) in [6.45, 7) is 8.24. The minimum atomic E-state index is 0.498. The van der Waals surface area contributed by atoms with Crippen LogP contribution in [0.25, 0.3) is 11.2 Å². The van der Waals surface area contributed by atoms with E-state index in [0.29, 0.717) is 5.15 Å². The van der Waals surface area contributed by atoms with Gasteiger partial charge in [0, 0.05) is 19.5 Å². The summed E-state index contributed by atoms with van der Waals surface area (Å²) in [6.07, 6.45) is 0.746. The zero-order valence-corrected chi connectivity index (χ0v) is 16.3. The number of hydrogen-bond acceptors (Lipinski definition) is 4. The lowest BCUT2D eigenvalue weighted by molar-refractivity contribution is 0.290. The third kappa shape index (κ3) is 4.17. The average molecular weight is 373 g/mol. The maximum atomic E-state index is 6.13. The Kier molecular flexibility index (Phi) is 6.12. The molecule has 0 saturated carbocycles. The van der Waals surface area contributed by atoms with E-state index in [1.54, 1.807) is 13.2 Å². The third-order valence-corrected chi connectivity index (χ3v) is 4.90. The van der Waals surface area contributed by atoms with E-state index >= 15 is 0 Å². The number of fused-ring (bicyclic) bond motifs is 1. The predicted molar refractivity (Wildman–Crippen MR) is 106 cm³/mol. The Morgan fingerprint density at radius 3 is 2.42 bits per heavy atom. The van der Waals surface area contributed by atoms with Crippen LogP contribution in [0.15, 0.2) is 36.4 Å². The van der Waals surface area contributed by atoms with Crippen LogP contribution in [0, 0.1) is 0 Å². The Labute approximate surface area is 159 Å². The van der Waals surface area contributed by atoms with Crippen molar-refractivity contribution in [2.75, 3.05) is 26.7 Å². The molecule has 6 heteroatoms. The molecule has 0 aliphatic carbocycles. The summed E-state index contributed by atoms with van der Waals surface area (Å²) >= 11 is 6.13. The van der Waals surface area contributed by atoms with E-state index in [0.717, 1.165) is 55.3 Å². The predicted octanol–water partition coefficient (Wildman–Crippen LogP) is 4.03. The zero-order chi connectivity index (χ0) is 18.5. The average Bonchev–Trinajstić information content (AvgIpc) is 2.99.